The Bertz CT molecular complexity index is 4930. The van der Waals surface area contributed by atoms with Crippen LogP contribution in [0.1, 0.15) is 0 Å². The maximum atomic E-state index is 6.82. The Kier molecular flexibility index (Phi) is 12.4. The minimum Gasteiger partial charge on any atom is -0.297 e. The second-order valence-electron chi connectivity index (χ2n) is 20.4. The smallest absolute Gasteiger partial charge is 0.238 e. The molecule has 0 atom stereocenters. The van der Waals surface area contributed by atoms with E-state index in [4.69, 9.17) is 41.5 Å². The van der Waals surface area contributed by atoms with E-state index >= 15 is 0 Å². The Morgan fingerprint density at radius 1 is 0.289 bits per heavy atom. The molecule has 0 spiro atoms. The minimum absolute atomic E-state index is 0.109. The molecule has 4 heterocycles. The van der Waals surface area contributed by atoms with Gasteiger partial charge >= 0.3 is 0 Å². The van der Waals surface area contributed by atoms with Gasteiger partial charge in [-0.05, 0) is 134 Å². The van der Waals surface area contributed by atoms with Crippen molar-refractivity contribution in [1.29, 1.82) is 0 Å². The lowest BCUT2D eigenvalue weighted by Gasteiger charge is -2.15. The first-order valence-electron chi connectivity index (χ1n) is 27.4. The Balaban J connectivity index is 0.895. The molecule has 11 aromatic carbocycles. The molecule has 0 aliphatic heterocycles. The highest BCUT2D eigenvalue weighted by Gasteiger charge is 2.23. The molecule has 0 saturated carbocycles. The molecule has 0 aliphatic rings. The van der Waals surface area contributed by atoms with Crippen molar-refractivity contribution in [2.75, 3.05) is 0 Å². The standard InChI is InChI=1S/C73H46ClN9/c74-72-78-68(53-29-17-26-50(40-53)47-20-5-1-6-21-47)76-71(79-72)58-44-56(49-24-9-3-10-25-49)43-57(45-58)61-35-14-13-34-60(61)52-28-19-31-55(42-52)70-77-69(54-30-18-27-51(41-54)48-22-7-2-8-23-48)80-73(81-70)83-65-37-16-15-36-62(65)63-38-39-64-67(66(63)83)82(46-75-64)59-32-11-4-12-33-59/h1-46H. The molecule has 0 radical (unpaired) electrons. The second-order valence-corrected chi connectivity index (χ2v) is 20.7. The Hall–Kier alpha value is -11.0. The molecule has 0 fully saturated rings. The second kappa shape index (κ2) is 20.9. The van der Waals surface area contributed by atoms with Gasteiger partial charge in [-0.3, -0.25) is 9.13 Å². The van der Waals surface area contributed by atoms with Crippen LogP contribution >= 0.6 is 11.6 Å². The molecule has 4 aromatic heterocycles. The highest BCUT2D eigenvalue weighted by atomic mass is 35.5. The monoisotopic (exact) mass is 1080 g/mol. The quantitative estimate of drug-likeness (QED) is 0.127. The molecule has 0 unspecified atom stereocenters. The molecule has 0 bridgehead atoms. The van der Waals surface area contributed by atoms with Crippen LogP contribution in [0.5, 0.6) is 0 Å². The van der Waals surface area contributed by atoms with Crippen LogP contribution in [0.3, 0.4) is 0 Å². The number of benzene rings is 11. The van der Waals surface area contributed by atoms with Gasteiger partial charge in [0.25, 0.3) is 0 Å². The van der Waals surface area contributed by atoms with Crippen molar-refractivity contribution in [2.24, 2.45) is 0 Å². The highest BCUT2D eigenvalue weighted by molar-refractivity contribution is 6.28. The van der Waals surface area contributed by atoms with Gasteiger partial charge in [-0.15, -0.1) is 0 Å². The molecular weight excluding hydrogens is 1040 g/mol. The largest absolute Gasteiger partial charge is 0.297 e. The van der Waals surface area contributed by atoms with E-state index in [-0.39, 0.29) is 5.28 Å². The summed E-state index contributed by atoms with van der Waals surface area (Å²) >= 11 is 6.82. The summed E-state index contributed by atoms with van der Waals surface area (Å²) in [6.45, 7) is 0. The number of nitrogens with zero attached hydrogens (tertiary/aromatic N) is 9. The number of hydrogen-bond acceptors (Lipinski definition) is 7. The van der Waals surface area contributed by atoms with Crippen molar-refractivity contribution in [3.05, 3.63) is 285 Å². The topological polar surface area (TPSA) is 100 Å². The van der Waals surface area contributed by atoms with Gasteiger partial charge in [0.2, 0.25) is 11.2 Å². The number of aromatic nitrogens is 9. The molecule has 15 rings (SSSR count). The van der Waals surface area contributed by atoms with Gasteiger partial charge in [0.1, 0.15) is 6.33 Å². The molecular formula is C73H46ClN9. The van der Waals surface area contributed by atoms with Crippen LogP contribution in [-0.2, 0) is 0 Å². The van der Waals surface area contributed by atoms with Gasteiger partial charge in [-0.25, -0.2) is 15.0 Å². The minimum atomic E-state index is 0.109. The summed E-state index contributed by atoms with van der Waals surface area (Å²) in [5.74, 6) is 2.50. The van der Waals surface area contributed by atoms with Crippen LogP contribution in [0.4, 0.5) is 0 Å². The van der Waals surface area contributed by atoms with Crippen LogP contribution in [0.15, 0.2) is 279 Å². The number of imidazole rings is 1. The third kappa shape index (κ3) is 9.27. The predicted octanol–water partition coefficient (Wildman–Crippen LogP) is 18.1. The van der Waals surface area contributed by atoms with E-state index in [0.29, 0.717) is 29.2 Å². The summed E-state index contributed by atoms with van der Waals surface area (Å²) in [7, 11) is 0. The summed E-state index contributed by atoms with van der Waals surface area (Å²) in [5, 5.41) is 2.24. The maximum Gasteiger partial charge on any atom is 0.238 e. The van der Waals surface area contributed by atoms with E-state index in [1.807, 2.05) is 67.0 Å². The van der Waals surface area contributed by atoms with E-state index in [1.54, 1.807) is 0 Å². The molecule has 0 aliphatic carbocycles. The summed E-state index contributed by atoms with van der Waals surface area (Å²) in [4.78, 5) is 35.8. The average Bonchev–Trinajstić information content (AvgIpc) is 3.47. The van der Waals surface area contributed by atoms with Crippen LogP contribution < -0.4 is 0 Å². The Labute approximate surface area is 483 Å². The Morgan fingerprint density at radius 2 is 0.723 bits per heavy atom. The van der Waals surface area contributed by atoms with E-state index in [1.165, 1.54) is 0 Å². The normalized spacial score (nSPS) is 11.4. The summed E-state index contributed by atoms with van der Waals surface area (Å²) in [6, 6.07) is 94.2. The molecule has 0 amide bonds. The lowest BCUT2D eigenvalue weighted by molar-refractivity contribution is 0.953. The van der Waals surface area contributed by atoms with Gasteiger partial charge in [-0.1, -0.05) is 206 Å². The van der Waals surface area contributed by atoms with Gasteiger partial charge in [0.15, 0.2) is 23.3 Å². The zero-order valence-corrected chi connectivity index (χ0v) is 45.2. The molecule has 0 N–H and O–H groups in total. The lowest BCUT2D eigenvalue weighted by Crippen LogP contribution is -2.07. The third-order valence-corrected chi connectivity index (χ3v) is 15.4. The highest BCUT2D eigenvalue weighted by Crippen LogP contribution is 2.41. The fourth-order valence-corrected chi connectivity index (χ4v) is 11.5. The molecule has 10 heteroatoms. The van der Waals surface area contributed by atoms with Crippen LogP contribution in [-0.4, -0.2) is 44.0 Å². The van der Waals surface area contributed by atoms with E-state index in [9.17, 15) is 0 Å². The fraction of sp³-hybridized carbons (Fsp3) is 0. The average molecular weight is 1080 g/mol. The molecule has 390 valence electrons. The van der Waals surface area contributed by atoms with E-state index in [2.05, 4.69) is 226 Å². The van der Waals surface area contributed by atoms with Crippen LogP contribution in [0, 0.1) is 0 Å². The first-order valence-corrected chi connectivity index (χ1v) is 27.8. The van der Waals surface area contributed by atoms with Gasteiger partial charge in [0.05, 0.1) is 22.1 Å². The van der Waals surface area contributed by atoms with Crippen molar-refractivity contribution in [3.8, 4) is 113 Å². The van der Waals surface area contributed by atoms with Crippen molar-refractivity contribution < 1.29 is 0 Å². The predicted molar refractivity (Wildman–Crippen MR) is 336 cm³/mol. The summed E-state index contributed by atoms with van der Waals surface area (Å²) < 4.78 is 4.34. The van der Waals surface area contributed by atoms with E-state index < -0.39 is 0 Å². The van der Waals surface area contributed by atoms with Crippen molar-refractivity contribution in [2.45, 2.75) is 0 Å². The van der Waals surface area contributed by atoms with Crippen molar-refractivity contribution in [1.82, 2.24) is 44.0 Å². The van der Waals surface area contributed by atoms with Crippen LogP contribution in [0.25, 0.3) is 146 Å². The van der Waals surface area contributed by atoms with Crippen LogP contribution in [0.2, 0.25) is 5.28 Å². The molecule has 9 nitrogen and oxygen atoms in total. The zero-order valence-electron chi connectivity index (χ0n) is 44.5. The van der Waals surface area contributed by atoms with Gasteiger partial charge in [0, 0.05) is 38.7 Å². The zero-order chi connectivity index (χ0) is 55.2. The number of para-hydroxylation sites is 2. The summed E-state index contributed by atoms with van der Waals surface area (Å²) in [5.41, 5.74) is 18.4. The number of hydrogen-bond donors (Lipinski definition) is 0. The lowest BCUT2D eigenvalue weighted by atomic mass is 9.90. The number of halogens is 1. The number of fused-ring (bicyclic) bond motifs is 5. The first-order chi connectivity index (χ1) is 41.0. The Morgan fingerprint density at radius 3 is 1.34 bits per heavy atom. The number of rotatable bonds is 11. The molecule has 15 aromatic rings. The first kappa shape index (κ1) is 49.1. The molecule has 83 heavy (non-hydrogen) atoms. The van der Waals surface area contributed by atoms with Gasteiger partial charge in [-0.2, -0.15) is 19.9 Å². The maximum absolute atomic E-state index is 6.82. The molecule has 0 saturated heterocycles. The third-order valence-electron chi connectivity index (χ3n) is 15.2. The van der Waals surface area contributed by atoms with Gasteiger partial charge < -0.3 is 0 Å². The fourth-order valence-electron chi connectivity index (χ4n) is 11.3. The van der Waals surface area contributed by atoms with Crippen molar-refractivity contribution in [3.63, 3.8) is 0 Å². The summed E-state index contributed by atoms with van der Waals surface area (Å²) in [6.07, 6.45) is 1.90. The van der Waals surface area contributed by atoms with Crippen molar-refractivity contribution >= 4 is 44.4 Å². The van der Waals surface area contributed by atoms with E-state index in [0.717, 1.165) is 116 Å². The SMILES string of the molecule is Clc1nc(-c2cccc(-c3ccccc3)c2)nc(-c2cc(-c3ccccc3)cc(-c3ccccc3-c3cccc(-c4nc(-c5cccc(-c6ccccc6)c5)nc(-n5c6ccccc6c6ccc7ncn(-c8ccccc8)c7c65)n4)c3)c2)n1.